The van der Waals surface area contributed by atoms with Crippen molar-refractivity contribution in [2.24, 2.45) is 0 Å². The van der Waals surface area contributed by atoms with Gasteiger partial charge in [-0.1, -0.05) is 110 Å². The first kappa shape index (κ1) is 24.5. The highest BCUT2D eigenvalue weighted by Gasteiger charge is 2.53. The van der Waals surface area contributed by atoms with Crippen LogP contribution in [0.3, 0.4) is 0 Å². The van der Waals surface area contributed by atoms with Crippen LogP contribution >= 0.6 is 0 Å². The summed E-state index contributed by atoms with van der Waals surface area (Å²) in [7, 11) is 0. The van der Waals surface area contributed by atoms with E-state index in [-0.39, 0.29) is 0 Å². The molecule has 3 heteroatoms. The number of para-hydroxylation sites is 1. The number of rotatable bonds is 5. The lowest BCUT2D eigenvalue weighted by Gasteiger charge is -2.32. The zero-order chi connectivity index (χ0) is 28.4. The lowest BCUT2D eigenvalue weighted by Crippen LogP contribution is -2.27. The van der Waals surface area contributed by atoms with Gasteiger partial charge in [0.05, 0.1) is 11.1 Å². The van der Waals surface area contributed by atoms with E-state index in [9.17, 15) is 0 Å². The molecule has 0 amide bonds. The first-order chi connectivity index (χ1) is 20.6. The van der Waals surface area contributed by atoms with Gasteiger partial charge in [0.15, 0.2) is 17.3 Å². The van der Waals surface area contributed by atoms with Crippen molar-refractivity contribution in [2.75, 3.05) is 11.4 Å². The number of ether oxygens (including phenoxy) is 2. The number of hydrogen-bond acceptors (Lipinski definition) is 3. The molecule has 0 saturated carbocycles. The molecule has 0 atom stereocenters. The molecule has 5 aromatic rings. The van der Waals surface area contributed by atoms with Gasteiger partial charge in [0.2, 0.25) is 0 Å². The summed E-state index contributed by atoms with van der Waals surface area (Å²) in [5.74, 6) is 2.73. The van der Waals surface area contributed by atoms with Crippen molar-refractivity contribution >= 4 is 5.69 Å². The van der Waals surface area contributed by atoms with Crippen LogP contribution < -0.4 is 14.4 Å². The summed E-state index contributed by atoms with van der Waals surface area (Å²) in [5, 5.41) is 0. The third-order valence-electron chi connectivity index (χ3n) is 8.83. The first-order valence-corrected chi connectivity index (χ1v) is 14.3. The normalized spacial score (nSPS) is 14.6. The van der Waals surface area contributed by atoms with Gasteiger partial charge in [-0.25, -0.2) is 0 Å². The predicted octanol–water partition coefficient (Wildman–Crippen LogP) is 9.24. The maximum Gasteiger partial charge on any atom is 0.188 e. The van der Waals surface area contributed by atoms with Crippen LogP contribution in [0.2, 0.25) is 0 Å². The number of hydrogen-bond donors (Lipinski definition) is 0. The Labute approximate surface area is 246 Å². The second-order valence-electron chi connectivity index (χ2n) is 11.0. The lowest BCUT2D eigenvalue weighted by molar-refractivity contribution is 0.301. The van der Waals surface area contributed by atoms with Gasteiger partial charge in [-0.3, -0.25) is 0 Å². The Hall–Kier alpha value is -5.28. The van der Waals surface area contributed by atoms with Crippen molar-refractivity contribution < 1.29 is 9.47 Å². The first-order valence-electron chi connectivity index (χ1n) is 14.3. The molecule has 5 aromatic carbocycles. The van der Waals surface area contributed by atoms with E-state index in [2.05, 4.69) is 115 Å². The van der Waals surface area contributed by atoms with Gasteiger partial charge in [-0.2, -0.15) is 0 Å². The van der Waals surface area contributed by atoms with Crippen LogP contribution in [0, 0.1) is 0 Å². The van der Waals surface area contributed by atoms with Crippen molar-refractivity contribution in [3.63, 3.8) is 0 Å². The Kier molecular flexibility index (Phi) is 5.32. The highest BCUT2D eigenvalue weighted by molar-refractivity contribution is 5.97. The maximum atomic E-state index is 6.91. The molecule has 0 aromatic heterocycles. The van der Waals surface area contributed by atoms with Crippen molar-refractivity contribution in [1.29, 1.82) is 0 Å². The summed E-state index contributed by atoms with van der Waals surface area (Å²) in [4.78, 5) is 2.10. The fraction of sp³-hybridized carbons (Fsp3) is 0.0769. The molecule has 0 N–H and O–H groups in total. The van der Waals surface area contributed by atoms with E-state index in [1.165, 1.54) is 33.4 Å². The average molecular weight is 544 g/mol. The van der Waals surface area contributed by atoms with E-state index >= 15 is 0 Å². The third-order valence-corrected chi connectivity index (χ3v) is 8.83. The standard InChI is InChI=1S/C39H29NO2/c1-4-24-40(27-14-6-5-7-15-27)25(2)37-26(3)41-35-23-22-34-36(38(35)42-37)30-18-10-13-21-33(30)39(34)31-19-11-8-16-28(31)29-17-9-12-20-32(29)39/h4-23H,1-2,24H2,3H3. The van der Waals surface area contributed by atoms with E-state index in [1.807, 2.05) is 31.2 Å². The van der Waals surface area contributed by atoms with Crippen molar-refractivity contribution in [3.8, 4) is 33.8 Å². The topological polar surface area (TPSA) is 21.7 Å². The molecule has 0 radical (unpaired) electrons. The average Bonchev–Trinajstić information content (AvgIpc) is 3.51. The van der Waals surface area contributed by atoms with Crippen LogP contribution in [0.4, 0.5) is 5.69 Å². The van der Waals surface area contributed by atoms with E-state index in [0.717, 1.165) is 28.3 Å². The third kappa shape index (κ3) is 3.16. The molecule has 1 spiro atoms. The Morgan fingerprint density at radius 3 is 1.90 bits per heavy atom. The maximum absolute atomic E-state index is 6.91. The number of anilines is 1. The SMILES string of the molecule is C=CCN(C(=C)C1=C(C)Oc2ccc3c(c2O1)-c1ccccc1C31c2ccccc2-c2ccccc21)c1ccccc1. The van der Waals surface area contributed by atoms with Crippen LogP contribution in [0.5, 0.6) is 11.5 Å². The fourth-order valence-corrected chi connectivity index (χ4v) is 7.19. The quantitative estimate of drug-likeness (QED) is 0.202. The zero-order valence-corrected chi connectivity index (χ0v) is 23.4. The molecule has 0 unspecified atom stereocenters. The van der Waals surface area contributed by atoms with Crippen molar-refractivity contribution in [2.45, 2.75) is 12.3 Å². The van der Waals surface area contributed by atoms with Crippen LogP contribution in [0.1, 0.15) is 29.2 Å². The summed E-state index contributed by atoms with van der Waals surface area (Å²) in [5.41, 5.74) is 11.1. The van der Waals surface area contributed by atoms with Gasteiger partial charge in [-0.05, 0) is 64.1 Å². The second-order valence-corrected chi connectivity index (χ2v) is 11.0. The van der Waals surface area contributed by atoms with Gasteiger partial charge in [0, 0.05) is 17.8 Å². The number of allylic oxidation sites excluding steroid dienone is 1. The minimum Gasteiger partial charge on any atom is -0.454 e. The van der Waals surface area contributed by atoms with Gasteiger partial charge in [0.25, 0.3) is 0 Å². The zero-order valence-electron chi connectivity index (χ0n) is 23.4. The lowest BCUT2D eigenvalue weighted by atomic mass is 9.70. The molecule has 42 heavy (non-hydrogen) atoms. The summed E-state index contributed by atoms with van der Waals surface area (Å²) >= 11 is 0. The molecule has 202 valence electrons. The van der Waals surface area contributed by atoms with Crippen molar-refractivity contribution in [1.82, 2.24) is 0 Å². The summed E-state index contributed by atoms with van der Waals surface area (Å²) < 4.78 is 13.4. The Bertz CT molecular complexity index is 1920. The van der Waals surface area contributed by atoms with Gasteiger partial charge in [0.1, 0.15) is 5.76 Å². The van der Waals surface area contributed by atoms with Crippen LogP contribution in [0.15, 0.2) is 152 Å². The van der Waals surface area contributed by atoms with Crippen LogP contribution in [0.25, 0.3) is 22.3 Å². The number of benzene rings is 5. The molecule has 8 rings (SSSR count). The smallest absolute Gasteiger partial charge is 0.188 e. The monoisotopic (exact) mass is 543 g/mol. The van der Waals surface area contributed by atoms with E-state index in [4.69, 9.17) is 9.47 Å². The number of fused-ring (bicyclic) bond motifs is 12. The molecule has 1 heterocycles. The molecule has 2 aliphatic carbocycles. The molecular weight excluding hydrogens is 514 g/mol. The predicted molar refractivity (Wildman–Crippen MR) is 170 cm³/mol. The Balaban J connectivity index is 1.34. The molecular formula is C39H29NO2. The highest BCUT2D eigenvalue weighted by atomic mass is 16.6. The molecule has 3 nitrogen and oxygen atoms in total. The molecule has 0 fully saturated rings. The molecule has 3 aliphatic rings. The fourth-order valence-electron chi connectivity index (χ4n) is 7.19. The summed E-state index contributed by atoms with van der Waals surface area (Å²) in [6, 6.07) is 40.8. The van der Waals surface area contributed by atoms with E-state index in [1.54, 1.807) is 0 Å². The molecule has 1 aliphatic heterocycles. The number of nitrogens with zero attached hydrogens (tertiary/aromatic N) is 1. The van der Waals surface area contributed by atoms with Crippen LogP contribution in [-0.4, -0.2) is 6.54 Å². The van der Waals surface area contributed by atoms with E-state index in [0.29, 0.717) is 23.8 Å². The summed E-state index contributed by atoms with van der Waals surface area (Å²) in [6.45, 7) is 11.0. The minimum atomic E-state index is -0.441. The highest BCUT2D eigenvalue weighted by Crippen LogP contribution is 2.65. The summed E-state index contributed by atoms with van der Waals surface area (Å²) in [6.07, 6.45) is 1.87. The Morgan fingerprint density at radius 1 is 0.690 bits per heavy atom. The molecule has 0 bridgehead atoms. The van der Waals surface area contributed by atoms with E-state index < -0.39 is 5.41 Å². The Morgan fingerprint density at radius 2 is 1.26 bits per heavy atom. The minimum absolute atomic E-state index is 0.441. The van der Waals surface area contributed by atoms with Gasteiger partial charge in [-0.15, -0.1) is 6.58 Å². The second kappa shape index (κ2) is 9.12. The molecule has 0 saturated heterocycles. The van der Waals surface area contributed by atoms with Crippen molar-refractivity contribution in [3.05, 3.63) is 174 Å². The van der Waals surface area contributed by atoms with Gasteiger partial charge >= 0.3 is 0 Å². The largest absolute Gasteiger partial charge is 0.454 e. The van der Waals surface area contributed by atoms with Crippen LogP contribution in [-0.2, 0) is 5.41 Å². The van der Waals surface area contributed by atoms with Gasteiger partial charge < -0.3 is 14.4 Å².